The minimum absolute atomic E-state index is 0.104. The maximum atomic E-state index is 12.9. The number of ether oxygens (including phenoxy) is 4. The van der Waals surface area contributed by atoms with Gasteiger partial charge in [0.25, 0.3) is 0 Å². The Bertz CT molecular complexity index is 1580. The van der Waals surface area contributed by atoms with Gasteiger partial charge in [0.15, 0.2) is 12.2 Å². The highest BCUT2D eigenvalue weighted by Crippen LogP contribution is 2.45. The van der Waals surface area contributed by atoms with Crippen molar-refractivity contribution in [1.29, 1.82) is 0 Å². The number of phosphoric ester groups is 2. The summed E-state index contributed by atoms with van der Waals surface area (Å²) in [4.78, 5) is 71.8. The van der Waals surface area contributed by atoms with E-state index in [-0.39, 0.29) is 25.7 Å². The summed E-state index contributed by atoms with van der Waals surface area (Å²) in [6, 6.07) is 0. The lowest BCUT2D eigenvalue weighted by Crippen LogP contribution is -2.30. The number of aliphatic hydroxyl groups excluding tert-OH is 1. The molecule has 0 bridgehead atoms. The zero-order chi connectivity index (χ0) is 59.4. The number of carbonyl (C=O) groups is 4. The molecule has 0 aromatic carbocycles. The standard InChI is InChI=1S/C61H118O17P2/c1-7-9-11-13-14-19-27-33-39-45-60(65)77-56(49-71-58(63)43-37-29-12-10-8-2)51-75-79(67,68)73-47-55(62)48-74-80(69,70)76-52-57(50-72-59(64)44-38-32-26-23-22-25-31-36-42-54(5)6)78-61(66)46-40-34-28-21-18-16-15-17-20-24-30-35-41-53(3)4/h53-57,62H,7-52H2,1-6H3,(H,67,68)(H,69,70)/t55-,56+,57+/m0/s1. The van der Waals surface area contributed by atoms with Gasteiger partial charge in [-0.25, -0.2) is 9.13 Å². The third-order valence-corrected chi connectivity index (χ3v) is 15.9. The van der Waals surface area contributed by atoms with E-state index in [2.05, 4.69) is 41.5 Å². The van der Waals surface area contributed by atoms with Crippen molar-refractivity contribution in [3.63, 3.8) is 0 Å². The molecule has 0 aliphatic carbocycles. The fraction of sp³-hybridized carbons (Fsp3) is 0.934. The third-order valence-electron chi connectivity index (χ3n) is 14.0. The Morgan fingerprint density at radius 2 is 0.575 bits per heavy atom. The highest BCUT2D eigenvalue weighted by atomic mass is 31.2. The van der Waals surface area contributed by atoms with Crippen LogP contribution in [0.5, 0.6) is 0 Å². The highest BCUT2D eigenvalue weighted by molar-refractivity contribution is 7.47. The predicted octanol–water partition coefficient (Wildman–Crippen LogP) is 16.5. The quantitative estimate of drug-likeness (QED) is 0.0222. The molecule has 474 valence electrons. The number of phosphoric acid groups is 2. The van der Waals surface area contributed by atoms with Crippen LogP contribution in [0.3, 0.4) is 0 Å². The first-order valence-corrected chi connectivity index (χ1v) is 35.0. The number of aliphatic hydroxyl groups is 1. The Labute approximate surface area is 486 Å². The molecule has 0 saturated heterocycles. The molecule has 0 spiro atoms. The van der Waals surface area contributed by atoms with Crippen LogP contribution in [0.4, 0.5) is 0 Å². The zero-order valence-electron chi connectivity index (χ0n) is 51.4. The van der Waals surface area contributed by atoms with E-state index in [0.29, 0.717) is 25.7 Å². The average molecular weight is 1190 g/mol. The van der Waals surface area contributed by atoms with Crippen LogP contribution in [-0.4, -0.2) is 96.7 Å². The molecule has 17 nitrogen and oxygen atoms in total. The second-order valence-electron chi connectivity index (χ2n) is 23.0. The van der Waals surface area contributed by atoms with Crippen molar-refractivity contribution in [2.24, 2.45) is 11.8 Å². The number of unbranched alkanes of at least 4 members (excludes halogenated alkanes) is 30. The number of hydrogen-bond acceptors (Lipinski definition) is 15. The van der Waals surface area contributed by atoms with Gasteiger partial charge in [-0.15, -0.1) is 0 Å². The van der Waals surface area contributed by atoms with Gasteiger partial charge in [0.05, 0.1) is 26.4 Å². The minimum Gasteiger partial charge on any atom is -0.462 e. The second kappa shape index (κ2) is 53.8. The number of hydrogen-bond donors (Lipinski definition) is 3. The molecular weight excluding hydrogens is 1070 g/mol. The van der Waals surface area contributed by atoms with Gasteiger partial charge in [-0.05, 0) is 37.5 Å². The smallest absolute Gasteiger partial charge is 0.462 e. The van der Waals surface area contributed by atoms with Crippen molar-refractivity contribution in [2.75, 3.05) is 39.6 Å². The molecular formula is C61H118O17P2. The van der Waals surface area contributed by atoms with Crippen LogP contribution in [0.25, 0.3) is 0 Å². The van der Waals surface area contributed by atoms with E-state index in [1.807, 2.05) is 0 Å². The Morgan fingerprint density at radius 3 is 0.850 bits per heavy atom. The third kappa shape index (κ3) is 55.3. The summed E-state index contributed by atoms with van der Waals surface area (Å²) >= 11 is 0. The summed E-state index contributed by atoms with van der Waals surface area (Å²) < 4.78 is 67.6. The molecule has 0 heterocycles. The first kappa shape index (κ1) is 78.1. The van der Waals surface area contributed by atoms with Crippen molar-refractivity contribution in [3.05, 3.63) is 0 Å². The van der Waals surface area contributed by atoms with Gasteiger partial charge in [-0.3, -0.25) is 37.3 Å². The fourth-order valence-corrected chi connectivity index (χ4v) is 10.6. The minimum atomic E-state index is -4.94. The first-order chi connectivity index (χ1) is 38.4. The summed E-state index contributed by atoms with van der Waals surface area (Å²) in [7, 11) is -9.87. The van der Waals surface area contributed by atoms with E-state index >= 15 is 0 Å². The molecule has 0 aliphatic rings. The molecule has 0 saturated carbocycles. The second-order valence-corrected chi connectivity index (χ2v) is 25.9. The summed E-state index contributed by atoms with van der Waals surface area (Å²) in [5, 5.41) is 10.5. The monoisotopic (exact) mass is 1180 g/mol. The van der Waals surface area contributed by atoms with Gasteiger partial charge in [-0.2, -0.15) is 0 Å². The van der Waals surface area contributed by atoms with Crippen LogP contribution in [0, 0.1) is 11.8 Å². The Hall–Kier alpha value is -1.94. The molecule has 3 N–H and O–H groups in total. The summed E-state index contributed by atoms with van der Waals surface area (Å²) in [6.07, 6.45) is 35.2. The molecule has 19 heteroatoms. The first-order valence-electron chi connectivity index (χ1n) is 32.0. The van der Waals surface area contributed by atoms with Gasteiger partial charge in [0.1, 0.15) is 19.3 Å². The maximum Gasteiger partial charge on any atom is 0.472 e. The normalized spacial score (nSPS) is 14.4. The number of carbonyl (C=O) groups excluding carboxylic acids is 4. The van der Waals surface area contributed by atoms with Crippen LogP contribution < -0.4 is 0 Å². The molecule has 0 amide bonds. The summed E-state index contributed by atoms with van der Waals surface area (Å²) in [5.41, 5.74) is 0. The van der Waals surface area contributed by atoms with Crippen LogP contribution >= 0.6 is 15.6 Å². The molecule has 0 aromatic heterocycles. The van der Waals surface area contributed by atoms with Gasteiger partial charge in [0.2, 0.25) is 0 Å². The lowest BCUT2D eigenvalue weighted by molar-refractivity contribution is -0.161. The fourth-order valence-electron chi connectivity index (χ4n) is 9.00. The van der Waals surface area contributed by atoms with E-state index in [4.69, 9.17) is 37.0 Å². The van der Waals surface area contributed by atoms with Crippen LogP contribution in [0.2, 0.25) is 0 Å². The topological polar surface area (TPSA) is 237 Å². The molecule has 0 aliphatic heterocycles. The van der Waals surface area contributed by atoms with Gasteiger partial charge in [0, 0.05) is 25.7 Å². The largest absolute Gasteiger partial charge is 0.472 e. The van der Waals surface area contributed by atoms with E-state index in [1.165, 1.54) is 109 Å². The number of rotatable bonds is 60. The Kier molecular flexibility index (Phi) is 52.5. The SMILES string of the molecule is CCCCCCCCCCCC(=O)O[C@H](COC(=O)CCCCCCC)COP(=O)(O)OC[C@H](O)COP(=O)(O)OC[C@@H](COC(=O)CCCCCCCCCCC(C)C)OC(=O)CCCCCCCCCCCCCCC(C)C. The molecule has 5 atom stereocenters. The van der Waals surface area contributed by atoms with Crippen LogP contribution in [0.15, 0.2) is 0 Å². The maximum absolute atomic E-state index is 12.9. The Morgan fingerprint density at radius 1 is 0.338 bits per heavy atom. The molecule has 0 aromatic rings. The lowest BCUT2D eigenvalue weighted by atomic mass is 10.0. The van der Waals surface area contributed by atoms with Crippen molar-refractivity contribution >= 4 is 39.5 Å². The van der Waals surface area contributed by atoms with Crippen molar-refractivity contribution in [2.45, 2.75) is 317 Å². The van der Waals surface area contributed by atoms with Crippen LogP contribution in [-0.2, 0) is 65.4 Å². The predicted molar refractivity (Wildman–Crippen MR) is 317 cm³/mol. The number of esters is 4. The van der Waals surface area contributed by atoms with E-state index in [9.17, 15) is 43.2 Å². The van der Waals surface area contributed by atoms with Crippen molar-refractivity contribution in [3.8, 4) is 0 Å². The van der Waals surface area contributed by atoms with E-state index < -0.39 is 97.5 Å². The van der Waals surface area contributed by atoms with Gasteiger partial charge >= 0.3 is 39.5 Å². The summed E-state index contributed by atoms with van der Waals surface area (Å²) in [5.74, 6) is -0.647. The molecule has 0 rings (SSSR count). The van der Waals surface area contributed by atoms with Gasteiger partial charge in [-0.1, -0.05) is 247 Å². The van der Waals surface area contributed by atoms with Crippen molar-refractivity contribution in [1.82, 2.24) is 0 Å². The molecule has 0 radical (unpaired) electrons. The average Bonchev–Trinajstić information content (AvgIpc) is 3.41. The zero-order valence-corrected chi connectivity index (χ0v) is 53.2. The highest BCUT2D eigenvalue weighted by Gasteiger charge is 2.30. The van der Waals surface area contributed by atoms with Gasteiger partial charge < -0.3 is 33.8 Å². The Balaban J connectivity index is 5.17. The lowest BCUT2D eigenvalue weighted by Gasteiger charge is -2.21. The molecule has 0 fully saturated rings. The van der Waals surface area contributed by atoms with Crippen LogP contribution in [0.1, 0.15) is 298 Å². The van der Waals surface area contributed by atoms with E-state index in [1.54, 1.807) is 0 Å². The molecule has 80 heavy (non-hydrogen) atoms. The summed E-state index contributed by atoms with van der Waals surface area (Å²) in [6.45, 7) is 9.34. The van der Waals surface area contributed by atoms with Crippen molar-refractivity contribution < 1.29 is 80.2 Å². The van der Waals surface area contributed by atoms with E-state index in [0.717, 1.165) is 108 Å². The molecule has 2 unspecified atom stereocenters.